The number of halogens is 3. The molecule has 1 aliphatic heterocycles. The van der Waals surface area contributed by atoms with Crippen LogP contribution in [0.25, 0.3) is 0 Å². The van der Waals surface area contributed by atoms with Crippen molar-refractivity contribution in [1.82, 2.24) is 14.9 Å². The smallest absolute Gasteiger partial charge is 0.406 e. The number of nitrogens with one attached hydrogen (secondary N) is 1. The second-order valence-corrected chi connectivity index (χ2v) is 10.4. The molecule has 1 aromatic carbocycles. The minimum Gasteiger partial charge on any atom is -0.406 e. The van der Waals surface area contributed by atoms with Crippen LogP contribution in [0, 0.1) is 0 Å². The summed E-state index contributed by atoms with van der Waals surface area (Å²) in [5, 5.41) is 2.93. The first-order valence-electron chi connectivity index (χ1n) is 10.5. The highest BCUT2D eigenvalue weighted by Gasteiger charge is 2.32. The molecule has 1 saturated carbocycles. The zero-order valence-electron chi connectivity index (χ0n) is 17.6. The van der Waals surface area contributed by atoms with Crippen molar-refractivity contribution in [2.45, 2.75) is 44.5 Å². The third-order valence-electron chi connectivity index (χ3n) is 5.39. The Bertz CT molecular complexity index is 1130. The summed E-state index contributed by atoms with van der Waals surface area (Å²) in [6.45, 7) is 0.504. The van der Waals surface area contributed by atoms with Crippen LogP contribution in [0.1, 0.15) is 54.5 Å². The molecule has 1 N–H and O–H groups in total. The first-order chi connectivity index (χ1) is 15.6. The van der Waals surface area contributed by atoms with Gasteiger partial charge in [-0.1, -0.05) is 6.07 Å². The Morgan fingerprint density at radius 3 is 2.58 bits per heavy atom. The van der Waals surface area contributed by atoms with Crippen LogP contribution in [0.4, 0.5) is 19.1 Å². The van der Waals surface area contributed by atoms with Crippen molar-refractivity contribution >= 4 is 21.7 Å². The van der Waals surface area contributed by atoms with Crippen molar-refractivity contribution in [1.29, 1.82) is 0 Å². The largest absolute Gasteiger partial charge is 0.573 e. The first kappa shape index (κ1) is 23.3. The van der Waals surface area contributed by atoms with Crippen LogP contribution in [0.15, 0.2) is 30.6 Å². The normalized spacial score (nSPS) is 18.5. The molecule has 2 heterocycles. The summed E-state index contributed by atoms with van der Waals surface area (Å²) in [5.74, 6) is -0.564. The number of rotatable bonds is 6. The van der Waals surface area contributed by atoms with Crippen molar-refractivity contribution in [3.05, 3.63) is 47.3 Å². The van der Waals surface area contributed by atoms with Gasteiger partial charge in [0.05, 0.1) is 11.3 Å². The molecular formula is C21H25F3N4O4S. The summed E-state index contributed by atoms with van der Waals surface area (Å²) in [7, 11) is -3.32. The van der Waals surface area contributed by atoms with Crippen LogP contribution >= 0.6 is 0 Å². The van der Waals surface area contributed by atoms with E-state index < -0.39 is 22.1 Å². The Hall–Kier alpha value is -2.89. The molecular weight excluding hydrogens is 461 g/mol. The van der Waals surface area contributed by atoms with E-state index in [1.54, 1.807) is 0 Å². The number of alkyl halides is 3. The van der Waals surface area contributed by atoms with E-state index in [0.29, 0.717) is 24.9 Å². The van der Waals surface area contributed by atoms with Crippen LogP contribution in [-0.4, -0.2) is 53.7 Å². The van der Waals surface area contributed by atoms with E-state index in [1.807, 2.05) is 6.07 Å². The minimum atomic E-state index is -4.77. The standard InChI is InChI=1S/C21H23F3N4O4S.H2/c22-21(23,24)32-18-8-14(7-16(9-18)15-3-4-15)10-25-20-26-11-17(12-27-20)19(29)28-5-1-2-6-33(30,31)13-28;/h7-9,11-12,15H,1-6,10,13H2,(H,25,26,27);1H. The van der Waals surface area contributed by atoms with E-state index in [0.717, 1.165) is 18.4 Å². The van der Waals surface area contributed by atoms with Gasteiger partial charge in [-0.25, -0.2) is 18.4 Å². The Morgan fingerprint density at radius 2 is 1.91 bits per heavy atom. The maximum Gasteiger partial charge on any atom is 0.573 e. The number of nitrogens with zero attached hydrogens (tertiary/aromatic N) is 3. The Kier molecular flexibility index (Phi) is 6.46. The topological polar surface area (TPSA) is 101 Å². The van der Waals surface area contributed by atoms with Gasteiger partial charge in [-0.15, -0.1) is 13.2 Å². The van der Waals surface area contributed by atoms with Gasteiger partial charge in [0.2, 0.25) is 5.95 Å². The highest BCUT2D eigenvalue weighted by atomic mass is 32.2. The molecule has 0 atom stereocenters. The van der Waals surface area contributed by atoms with Crippen LogP contribution < -0.4 is 10.1 Å². The lowest BCUT2D eigenvalue weighted by atomic mass is 10.1. The Balaban J connectivity index is 0.00000324. The van der Waals surface area contributed by atoms with Crippen molar-refractivity contribution in [3.8, 4) is 5.75 Å². The monoisotopic (exact) mass is 486 g/mol. The van der Waals surface area contributed by atoms with Crippen LogP contribution in [0.2, 0.25) is 0 Å². The van der Waals surface area contributed by atoms with Crippen molar-refractivity contribution < 1.29 is 32.5 Å². The van der Waals surface area contributed by atoms with E-state index in [9.17, 15) is 26.4 Å². The van der Waals surface area contributed by atoms with E-state index in [2.05, 4.69) is 20.0 Å². The second kappa shape index (κ2) is 9.16. The number of carbonyl (C=O) groups is 1. The Morgan fingerprint density at radius 1 is 1.18 bits per heavy atom. The molecule has 180 valence electrons. The molecule has 1 aliphatic carbocycles. The number of ether oxygens (including phenoxy) is 1. The molecule has 33 heavy (non-hydrogen) atoms. The first-order valence-corrected chi connectivity index (χ1v) is 12.4. The number of carbonyl (C=O) groups excluding carboxylic acids is 1. The zero-order chi connectivity index (χ0) is 23.6. The third kappa shape index (κ3) is 6.56. The lowest BCUT2D eigenvalue weighted by molar-refractivity contribution is -0.274. The summed E-state index contributed by atoms with van der Waals surface area (Å²) in [6, 6.07) is 4.55. The predicted octanol–water partition coefficient (Wildman–Crippen LogP) is 3.72. The molecule has 1 aromatic heterocycles. The van der Waals surface area contributed by atoms with Gasteiger partial charge in [0.25, 0.3) is 5.91 Å². The van der Waals surface area contributed by atoms with Crippen LogP contribution in [0.3, 0.4) is 0 Å². The number of sulfone groups is 1. The highest BCUT2D eigenvalue weighted by Crippen LogP contribution is 2.42. The molecule has 2 aromatic rings. The quantitative estimate of drug-likeness (QED) is 0.664. The number of anilines is 1. The Labute approximate surface area is 190 Å². The molecule has 1 saturated heterocycles. The molecule has 2 aliphatic rings. The fraction of sp³-hybridized carbons (Fsp3) is 0.476. The average molecular weight is 487 g/mol. The van der Waals surface area contributed by atoms with Gasteiger partial charge in [-0.05, 0) is 54.9 Å². The van der Waals surface area contributed by atoms with Crippen LogP contribution in [0.5, 0.6) is 5.75 Å². The van der Waals surface area contributed by atoms with Gasteiger partial charge < -0.3 is 15.0 Å². The molecule has 8 nitrogen and oxygen atoms in total. The fourth-order valence-electron chi connectivity index (χ4n) is 3.68. The number of hydrogen-bond donors (Lipinski definition) is 1. The summed E-state index contributed by atoms with van der Waals surface area (Å²) in [6.07, 6.45) is 0.806. The number of benzene rings is 1. The molecule has 0 bridgehead atoms. The molecule has 2 fully saturated rings. The summed E-state index contributed by atoms with van der Waals surface area (Å²) in [5.41, 5.74) is 1.54. The zero-order valence-corrected chi connectivity index (χ0v) is 18.5. The molecule has 1 amide bonds. The SMILES string of the molecule is O=C(c1cnc(NCc2cc(OC(F)(F)F)cc(C3CC3)c2)nc1)N1CCCCS(=O)(=O)C1.[HH]. The van der Waals surface area contributed by atoms with Gasteiger partial charge >= 0.3 is 6.36 Å². The van der Waals surface area contributed by atoms with Gasteiger partial charge in [0.15, 0.2) is 9.84 Å². The predicted molar refractivity (Wildman–Crippen MR) is 115 cm³/mol. The summed E-state index contributed by atoms with van der Waals surface area (Å²) < 4.78 is 66.0. The van der Waals surface area contributed by atoms with E-state index >= 15 is 0 Å². The number of amides is 1. The number of aromatic nitrogens is 2. The minimum absolute atomic E-state index is 0. The van der Waals surface area contributed by atoms with Gasteiger partial charge in [-0.3, -0.25) is 4.79 Å². The molecule has 12 heteroatoms. The van der Waals surface area contributed by atoms with Gasteiger partial charge in [0, 0.05) is 26.9 Å². The van der Waals surface area contributed by atoms with Crippen molar-refractivity contribution in [3.63, 3.8) is 0 Å². The number of hydrogen-bond acceptors (Lipinski definition) is 7. The highest BCUT2D eigenvalue weighted by molar-refractivity contribution is 7.91. The summed E-state index contributed by atoms with van der Waals surface area (Å²) in [4.78, 5) is 22.1. The van der Waals surface area contributed by atoms with Crippen LogP contribution in [-0.2, 0) is 16.4 Å². The lowest BCUT2D eigenvalue weighted by Gasteiger charge is -2.19. The third-order valence-corrected chi connectivity index (χ3v) is 7.01. The lowest BCUT2D eigenvalue weighted by Crippen LogP contribution is -2.35. The maximum absolute atomic E-state index is 12.7. The molecule has 0 radical (unpaired) electrons. The van der Waals surface area contributed by atoms with E-state index in [-0.39, 0.29) is 42.8 Å². The second-order valence-electron chi connectivity index (χ2n) is 8.23. The van der Waals surface area contributed by atoms with E-state index in [4.69, 9.17) is 0 Å². The maximum atomic E-state index is 12.7. The molecule has 0 spiro atoms. The van der Waals surface area contributed by atoms with E-state index in [1.165, 1.54) is 29.4 Å². The fourth-order valence-corrected chi connectivity index (χ4v) is 5.17. The van der Waals surface area contributed by atoms with Crippen molar-refractivity contribution in [2.75, 3.05) is 23.5 Å². The van der Waals surface area contributed by atoms with Gasteiger partial charge in [0.1, 0.15) is 11.6 Å². The van der Waals surface area contributed by atoms with Gasteiger partial charge in [-0.2, -0.15) is 0 Å². The summed E-state index contributed by atoms with van der Waals surface area (Å²) >= 11 is 0. The molecule has 4 rings (SSSR count). The average Bonchev–Trinajstić information content (AvgIpc) is 3.59. The molecule has 0 unspecified atom stereocenters. The van der Waals surface area contributed by atoms with Crippen molar-refractivity contribution in [2.24, 2.45) is 0 Å².